The molecule has 9 heteroatoms. The van der Waals surface area contributed by atoms with Crippen LogP contribution in [0.5, 0.6) is 0 Å². The van der Waals surface area contributed by atoms with Crippen LogP contribution in [0.2, 0.25) is 0 Å². The molecule has 2 aromatic heterocycles. The summed E-state index contributed by atoms with van der Waals surface area (Å²) in [6.45, 7) is 7.48. The highest BCUT2D eigenvalue weighted by atomic mass is 16.2. The van der Waals surface area contributed by atoms with E-state index < -0.39 is 0 Å². The van der Waals surface area contributed by atoms with E-state index in [-0.39, 0.29) is 18.5 Å². The molecular weight excluding hydrogens is 344 g/mol. The fraction of sp³-hybridized carbons (Fsp3) is 0.722. The van der Waals surface area contributed by atoms with E-state index in [1.807, 2.05) is 36.6 Å². The number of aryl methyl sites for hydroxylation is 1. The smallest absolute Gasteiger partial charge is 0.245 e. The highest BCUT2D eigenvalue weighted by Gasteiger charge is 2.22. The molecule has 1 aliphatic heterocycles. The van der Waals surface area contributed by atoms with Crippen LogP contribution in [-0.4, -0.2) is 64.6 Å². The summed E-state index contributed by atoms with van der Waals surface area (Å²) in [7, 11) is 1.94. The number of aromatic nitrogens is 6. The highest BCUT2D eigenvalue weighted by molar-refractivity contribution is 5.76. The molecule has 1 aliphatic rings. The second kappa shape index (κ2) is 9.07. The van der Waals surface area contributed by atoms with Gasteiger partial charge in [-0.25, -0.2) is 9.67 Å². The molecule has 0 spiro atoms. The summed E-state index contributed by atoms with van der Waals surface area (Å²) in [5.74, 6) is 1.61. The SMILES string of the molecule is CC(C)N(Cc1nccn1C)C(=O)Cn1nnnc1CN1CCCCCC1. The molecule has 0 unspecified atom stereocenters. The Morgan fingerprint density at radius 2 is 1.93 bits per heavy atom. The zero-order valence-corrected chi connectivity index (χ0v) is 16.6. The van der Waals surface area contributed by atoms with E-state index in [0.29, 0.717) is 13.1 Å². The molecule has 0 N–H and O–H groups in total. The molecule has 1 saturated heterocycles. The topological polar surface area (TPSA) is 85.0 Å². The Bertz CT molecular complexity index is 729. The number of carbonyl (C=O) groups is 1. The van der Waals surface area contributed by atoms with Gasteiger partial charge in [0.15, 0.2) is 5.82 Å². The van der Waals surface area contributed by atoms with Crippen molar-refractivity contribution in [2.75, 3.05) is 13.1 Å². The van der Waals surface area contributed by atoms with Crippen molar-refractivity contribution in [1.82, 2.24) is 39.6 Å². The first kappa shape index (κ1) is 19.5. The van der Waals surface area contributed by atoms with Crippen LogP contribution in [0.25, 0.3) is 0 Å². The van der Waals surface area contributed by atoms with Crippen molar-refractivity contribution < 1.29 is 4.79 Å². The Balaban J connectivity index is 1.65. The molecule has 27 heavy (non-hydrogen) atoms. The van der Waals surface area contributed by atoms with Gasteiger partial charge in [-0.05, 0) is 50.2 Å². The Hall–Kier alpha value is -2.29. The highest BCUT2D eigenvalue weighted by Crippen LogP contribution is 2.13. The zero-order valence-electron chi connectivity index (χ0n) is 16.6. The minimum absolute atomic E-state index is 0.00239. The van der Waals surface area contributed by atoms with Crippen LogP contribution in [0.3, 0.4) is 0 Å². The molecule has 1 fully saturated rings. The van der Waals surface area contributed by atoms with Gasteiger partial charge in [-0.2, -0.15) is 0 Å². The molecule has 1 amide bonds. The van der Waals surface area contributed by atoms with Crippen molar-refractivity contribution in [3.8, 4) is 0 Å². The molecule has 0 radical (unpaired) electrons. The molecule has 3 heterocycles. The second-order valence-electron chi connectivity index (χ2n) is 7.51. The number of rotatable bonds is 7. The van der Waals surface area contributed by atoms with E-state index in [0.717, 1.165) is 24.7 Å². The monoisotopic (exact) mass is 374 g/mol. The van der Waals surface area contributed by atoms with Gasteiger partial charge in [0.2, 0.25) is 5.91 Å². The largest absolute Gasteiger partial charge is 0.337 e. The first-order valence-electron chi connectivity index (χ1n) is 9.77. The summed E-state index contributed by atoms with van der Waals surface area (Å²) in [5, 5.41) is 12.0. The minimum atomic E-state index is -0.00239. The number of carbonyl (C=O) groups excluding carboxylic acids is 1. The Morgan fingerprint density at radius 3 is 2.56 bits per heavy atom. The van der Waals surface area contributed by atoms with Gasteiger partial charge in [0.1, 0.15) is 12.4 Å². The van der Waals surface area contributed by atoms with Gasteiger partial charge < -0.3 is 9.47 Å². The first-order chi connectivity index (χ1) is 13.0. The lowest BCUT2D eigenvalue weighted by Crippen LogP contribution is -2.40. The molecule has 0 saturated carbocycles. The number of likely N-dealkylation sites (tertiary alicyclic amines) is 1. The summed E-state index contributed by atoms with van der Waals surface area (Å²) < 4.78 is 3.57. The van der Waals surface area contributed by atoms with Crippen LogP contribution in [0.1, 0.15) is 51.2 Å². The molecule has 0 bridgehead atoms. The third-order valence-electron chi connectivity index (χ3n) is 5.13. The fourth-order valence-corrected chi connectivity index (χ4v) is 3.43. The third-order valence-corrected chi connectivity index (χ3v) is 5.13. The molecule has 3 rings (SSSR count). The normalized spacial score (nSPS) is 15.9. The molecule has 0 atom stereocenters. The fourth-order valence-electron chi connectivity index (χ4n) is 3.43. The van der Waals surface area contributed by atoms with Crippen molar-refractivity contribution in [2.45, 2.75) is 65.2 Å². The van der Waals surface area contributed by atoms with Crippen molar-refractivity contribution >= 4 is 5.91 Å². The van der Waals surface area contributed by atoms with Crippen LogP contribution in [0.15, 0.2) is 12.4 Å². The summed E-state index contributed by atoms with van der Waals surface area (Å²) >= 11 is 0. The zero-order chi connectivity index (χ0) is 19.2. The lowest BCUT2D eigenvalue weighted by Gasteiger charge is -2.26. The summed E-state index contributed by atoms with van der Waals surface area (Å²) in [6.07, 6.45) is 8.64. The van der Waals surface area contributed by atoms with Gasteiger partial charge in [0.05, 0.1) is 13.1 Å². The van der Waals surface area contributed by atoms with Crippen molar-refractivity contribution in [2.24, 2.45) is 7.05 Å². The van der Waals surface area contributed by atoms with Crippen molar-refractivity contribution in [3.05, 3.63) is 24.0 Å². The van der Waals surface area contributed by atoms with Gasteiger partial charge in [0, 0.05) is 25.5 Å². The second-order valence-corrected chi connectivity index (χ2v) is 7.51. The number of amides is 1. The minimum Gasteiger partial charge on any atom is -0.337 e. The van der Waals surface area contributed by atoms with E-state index in [1.165, 1.54) is 25.7 Å². The molecular formula is C18H30N8O. The third kappa shape index (κ3) is 5.12. The Kier molecular flexibility index (Phi) is 6.54. The van der Waals surface area contributed by atoms with Crippen LogP contribution in [0, 0.1) is 0 Å². The molecule has 0 aliphatic carbocycles. The van der Waals surface area contributed by atoms with Crippen LogP contribution in [0.4, 0.5) is 0 Å². The van der Waals surface area contributed by atoms with Crippen LogP contribution < -0.4 is 0 Å². The van der Waals surface area contributed by atoms with Gasteiger partial charge in [-0.1, -0.05) is 12.8 Å². The molecule has 148 valence electrons. The maximum atomic E-state index is 12.9. The number of imidazole rings is 1. The molecule has 0 aromatic carbocycles. The maximum absolute atomic E-state index is 12.9. The lowest BCUT2D eigenvalue weighted by atomic mass is 10.2. The number of hydrogen-bond donors (Lipinski definition) is 0. The Labute approximate surface area is 160 Å². The van der Waals surface area contributed by atoms with Gasteiger partial charge in [0.25, 0.3) is 0 Å². The number of hydrogen-bond acceptors (Lipinski definition) is 6. The van der Waals surface area contributed by atoms with E-state index in [4.69, 9.17) is 0 Å². The van der Waals surface area contributed by atoms with Crippen molar-refractivity contribution in [3.63, 3.8) is 0 Å². The van der Waals surface area contributed by atoms with E-state index in [2.05, 4.69) is 25.4 Å². The summed E-state index contributed by atoms with van der Waals surface area (Å²) in [6, 6.07) is 0.0692. The van der Waals surface area contributed by atoms with Gasteiger partial charge >= 0.3 is 0 Å². The maximum Gasteiger partial charge on any atom is 0.245 e. The predicted octanol–water partition coefficient (Wildman–Crippen LogP) is 1.22. The lowest BCUT2D eigenvalue weighted by molar-refractivity contribution is -0.134. The van der Waals surface area contributed by atoms with Gasteiger partial charge in [-0.15, -0.1) is 5.10 Å². The average Bonchev–Trinajstić information content (AvgIpc) is 3.14. The number of nitrogens with zero attached hydrogens (tertiary/aromatic N) is 8. The quantitative estimate of drug-likeness (QED) is 0.724. The van der Waals surface area contributed by atoms with Crippen LogP contribution in [-0.2, 0) is 31.5 Å². The molecule has 9 nitrogen and oxygen atoms in total. The summed E-state index contributed by atoms with van der Waals surface area (Å²) in [4.78, 5) is 21.5. The molecule has 2 aromatic rings. The standard InChI is InChI=1S/C18H30N8O/c1-15(2)25(13-16-19-8-11-23(16)3)18(27)14-26-17(20-21-22-26)12-24-9-6-4-5-7-10-24/h8,11,15H,4-7,9-10,12-14H2,1-3H3. The van der Waals surface area contributed by atoms with Crippen LogP contribution >= 0.6 is 0 Å². The summed E-state index contributed by atoms with van der Waals surface area (Å²) in [5.41, 5.74) is 0. The predicted molar refractivity (Wildman–Crippen MR) is 100 cm³/mol. The first-order valence-corrected chi connectivity index (χ1v) is 9.77. The average molecular weight is 374 g/mol. The van der Waals surface area contributed by atoms with Gasteiger partial charge in [-0.3, -0.25) is 9.69 Å². The van der Waals surface area contributed by atoms with E-state index in [1.54, 1.807) is 10.9 Å². The number of tetrazole rings is 1. The van der Waals surface area contributed by atoms with E-state index >= 15 is 0 Å². The van der Waals surface area contributed by atoms with Crippen molar-refractivity contribution in [1.29, 1.82) is 0 Å². The Morgan fingerprint density at radius 1 is 1.19 bits per heavy atom. The van der Waals surface area contributed by atoms with E-state index in [9.17, 15) is 4.79 Å².